The summed E-state index contributed by atoms with van der Waals surface area (Å²) >= 11 is 0. The van der Waals surface area contributed by atoms with Crippen molar-refractivity contribution in [2.24, 2.45) is 5.10 Å². The van der Waals surface area contributed by atoms with E-state index < -0.39 is 0 Å². The van der Waals surface area contributed by atoms with Crippen LogP contribution >= 0.6 is 0 Å². The lowest BCUT2D eigenvalue weighted by molar-refractivity contribution is 0.0955. The molecule has 0 atom stereocenters. The lowest BCUT2D eigenvalue weighted by Gasteiger charge is -2.08. The van der Waals surface area contributed by atoms with Crippen molar-refractivity contribution in [2.45, 2.75) is 6.54 Å². The van der Waals surface area contributed by atoms with Crippen LogP contribution in [-0.4, -0.2) is 21.9 Å². The van der Waals surface area contributed by atoms with E-state index in [9.17, 15) is 4.79 Å². The summed E-state index contributed by atoms with van der Waals surface area (Å²) in [5.41, 5.74) is 5.22. The number of fused-ring (bicyclic) bond motifs is 2. The molecule has 0 unspecified atom stereocenters. The Hall–Kier alpha value is -4.25. The number of hydrogen-bond donors (Lipinski definition) is 1. The SMILES string of the molecule is O=C(N/N=C/c1c2ccccc2cc2ccccc12)c1cccc(Cn2cccn2)c1. The molecule has 5 nitrogen and oxygen atoms in total. The first kappa shape index (κ1) is 18.8. The zero-order valence-electron chi connectivity index (χ0n) is 16.8. The van der Waals surface area contributed by atoms with Gasteiger partial charge >= 0.3 is 0 Å². The number of carbonyl (C=O) groups is 1. The van der Waals surface area contributed by atoms with Crippen LogP contribution in [-0.2, 0) is 6.54 Å². The number of nitrogens with one attached hydrogen (secondary N) is 1. The number of rotatable bonds is 5. The number of benzene rings is 4. The summed E-state index contributed by atoms with van der Waals surface area (Å²) in [6.45, 7) is 0.610. The fourth-order valence-electron chi connectivity index (χ4n) is 3.80. The molecule has 1 heterocycles. The van der Waals surface area contributed by atoms with Gasteiger partial charge in [-0.15, -0.1) is 0 Å². The Bertz CT molecular complexity index is 1350. The number of hydrazone groups is 1. The van der Waals surface area contributed by atoms with Crippen LogP contribution in [0.5, 0.6) is 0 Å². The fourth-order valence-corrected chi connectivity index (χ4v) is 3.80. The van der Waals surface area contributed by atoms with Gasteiger partial charge in [-0.2, -0.15) is 10.2 Å². The molecule has 1 N–H and O–H groups in total. The van der Waals surface area contributed by atoms with Gasteiger partial charge in [0.05, 0.1) is 12.8 Å². The van der Waals surface area contributed by atoms with Crippen molar-refractivity contribution in [2.75, 3.05) is 0 Å². The third-order valence-electron chi connectivity index (χ3n) is 5.27. The molecule has 1 aromatic heterocycles. The van der Waals surface area contributed by atoms with Crippen molar-refractivity contribution in [3.63, 3.8) is 0 Å². The van der Waals surface area contributed by atoms with Crippen LogP contribution in [0.2, 0.25) is 0 Å². The van der Waals surface area contributed by atoms with Crippen LogP contribution in [0.4, 0.5) is 0 Å². The Morgan fingerprint density at radius 3 is 2.35 bits per heavy atom. The molecule has 0 fully saturated rings. The molecule has 0 radical (unpaired) electrons. The Morgan fingerprint density at radius 1 is 0.903 bits per heavy atom. The van der Waals surface area contributed by atoms with Crippen LogP contribution < -0.4 is 5.43 Å². The highest BCUT2D eigenvalue weighted by atomic mass is 16.2. The van der Waals surface area contributed by atoms with Gasteiger partial charge in [0.1, 0.15) is 0 Å². The first-order valence-corrected chi connectivity index (χ1v) is 10.1. The fraction of sp³-hybridized carbons (Fsp3) is 0.0385. The van der Waals surface area contributed by atoms with Gasteiger partial charge in [0.25, 0.3) is 5.91 Å². The maximum Gasteiger partial charge on any atom is 0.271 e. The van der Waals surface area contributed by atoms with E-state index >= 15 is 0 Å². The van der Waals surface area contributed by atoms with Gasteiger partial charge in [0.2, 0.25) is 0 Å². The average Bonchev–Trinajstić information content (AvgIpc) is 3.31. The normalized spacial score (nSPS) is 11.4. The molecule has 0 aliphatic rings. The van der Waals surface area contributed by atoms with Crippen LogP contribution in [0.1, 0.15) is 21.5 Å². The van der Waals surface area contributed by atoms with Crippen LogP contribution in [0.25, 0.3) is 21.5 Å². The number of amides is 1. The van der Waals surface area contributed by atoms with Gasteiger partial charge in [0, 0.05) is 23.5 Å². The standard InChI is InChI=1S/C26H20N4O/c31-26(22-10-5-7-19(15-22)18-30-14-6-13-28-30)29-27-17-25-23-11-3-1-8-20(23)16-21-9-2-4-12-24(21)25/h1-17H,18H2,(H,29,31)/b27-17+. The molecule has 0 bridgehead atoms. The number of hydrogen-bond acceptors (Lipinski definition) is 3. The quantitative estimate of drug-likeness (QED) is 0.255. The summed E-state index contributed by atoms with van der Waals surface area (Å²) < 4.78 is 1.82. The molecule has 31 heavy (non-hydrogen) atoms. The predicted molar refractivity (Wildman–Crippen MR) is 124 cm³/mol. The van der Waals surface area contributed by atoms with Gasteiger partial charge in [-0.3, -0.25) is 9.48 Å². The van der Waals surface area contributed by atoms with E-state index in [1.165, 1.54) is 0 Å². The molecule has 0 aliphatic heterocycles. The van der Waals surface area contributed by atoms with Gasteiger partial charge in [-0.1, -0.05) is 60.7 Å². The molecule has 0 saturated heterocycles. The van der Waals surface area contributed by atoms with E-state index in [4.69, 9.17) is 0 Å². The predicted octanol–water partition coefficient (Wildman–Crippen LogP) is 5.00. The first-order chi connectivity index (χ1) is 15.3. The summed E-state index contributed by atoms with van der Waals surface area (Å²) in [4.78, 5) is 12.7. The minimum absolute atomic E-state index is 0.247. The lowest BCUT2D eigenvalue weighted by atomic mass is 9.97. The van der Waals surface area contributed by atoms with Crippen LogP contribution in [0.3, 0.4) is 0 Å². The van der Waals surface area contributed by atoms with Gasteiger partial charge < -0.3 is 0 Å². The molecule has 5 aromatic rings. The summed E-state index contributed by atoms with van der Waals surface area (Å²) in [7, 11) is 0. The van der Waals surface area contributed by atoms with Crippen molar-refractivity contribution in [3.8, 4) is 0 Å². The largest absolute Gasteiger partial charge is 0.271 e. The molecule has 5 rings (SSSR count). The Morgan fingerprint density at radius 2 is 1.65 bits per heavy atom. The highest BCUT2D eigenvalue weighted by molar-refractivity contribution is 6.13. The monoisotopic (exact) mass is 404 g/mol. The second-order valence-corrected chi connectivity index (χ2v) is 7.34. The third-order valence-corrected chi connectivity index (χ3v) is 5.27. The first-order valence-electron chi connectivity index (χ1n) is 10.1. The topological polar surface area (TPSA) is 59.3 Å². The van der Waals surface area contributed by atoms with Gasteiger partial charge in [-0.05, 0) is 51.4 Å². The highest BCUT2D eigenvalue weighted by Crippen LogP contribution is 2.27. The zero-order chi connectivity index (χ0) is 21.0. The highest BCUT2D eigenvalue weighted by Gasteiger charge is 2.08. The van der Waals surface area contributed by atoms with Gasteiger partial charge in [0.15, 0.2) is 0 Å². The minimum atomic E-state index is -0.247. The minimum Gasteiger partial charge on any atom is -0.268 e. The number of carbonyl (C=O) groups excluding carboxylic acids is 1. The molecule has 0 saturated carbocycles. The molecule has 0 spiro atoms. The lowest BCUT2D eigenvalue weighted by Crippen LogP contribution is -2.18. The van der Waals surface area contributed by atoms with Crippen molar-refractivity contribution >= 4 is 33.7 Å². The second-order valence-electron chi connectivity index (χ2n) is 7.34. The zero-order valence-corrected chi connectivity index (χ0v) is 16.8. The molecule has 0 aliphatic carbocycles. The van der Waals surface area contributed by atoms with Crippen molar-refractivity contribution in [1.82, 2.24) is 15.2 Å². The summed E-state index contributed by atoms with van der Waals surface area (Å²) in [5, 5.41) is 13.0. The van der Waals surface area contributed by atoms with E-state index in [1.54, 1.807) is 18.5 Å². The molecule has 4 aromatic carbocycles. The number of aromatic nitrogens is 2. The van der Waals surface area contributed by atoms with Crippen LogP contribution in [0.15, 0.2) is 102 Å². The molecular formula is C26H20N4O. The average molecular weight is 404 g/mol. The summed E-state index contributed by atoms with van der Waals surface area (Å²) in [6, 6.07) is 27.9. The van der Waals surface area contributed by atoms with Gasteiger partial charge in [-0.25, -0.2) is 5.43 Å². The van der Waals surface area contributed by atoms with Crippen molar-refractivity contribution in [1.29, 1.82) is 0 Å². The van der Waals surface area contributed by atoms with E-state index in [2.05, 4.69) is 46.0 Å². The summed E-state index contributed by atoms with van der Waals surface area (Å²) in [5.74, 6) is -0.247. The molecule has 5 heteroatoms. The summed E-state index contributed by atoms with van der Waals surface area (Å²) in [6.07, 6.45) is 5.37. The van der Waals surface area contributed by atoms with E-state index in [1.807, 2.05) is 59.4 Å². The molecular weight excluding hydrogens is 384 g/mol. The van der Waals surface area contributed by atoms with Crippen LogP contribution in [0, 0.1) is 0 Å². The maximum atomic E-state index is 12.7. The van der Waals surface area contributed by atoms with E-state index in [0.717, 1.165) is 32.7 Å². The van der Waals surface area contributed by atoms with E-state index in [-0.39, 0.29) is 5.91 Å². The second kappa shape index (κ2) is 8.24. The van der Waals surface area contributed by atoms with Crippen molar-refractivity contribution < 1.29 is 4.79 Å². The Kier molecular flexibility index (Phi) is 4.99. The third kappa shape index (κ3) is 3.94. The molecule has 1 amide bonds. The maximum absolute atomic E-state index is 12.7. The Balaban J connectivity index is 1.40. The molecule has 150 valence electrons. The van der Waals surface area contributed by atoms with Crippen molar-refractivity contribution in [3.05, 3.63) is 114 Å². The van der Waals surface area contributed by atoms with E-state index in [0.29, 0.717) is 12.1 Å². The Labute approximate surface area is 179 Å². The smallest absolute Gasteiger partial charge is 0.268 e. The number of nitrogens with zero attached hydrogens (tertiary/aromatic N) is 3.